The second-order valence-corrected chi connectivity index (χ2v) is 2.46. The molecule has 0 saturated heterocycles. The molecule has 70 valence electrons. The zero-order valence-electron chi connectivity index (χ0n) is 7.10. The third-order valence-electron chi connectivity index (χ3n) is 1.52. The monoisotopic (exact) mass is 184 g/mol. The molecule has 13 heavy (non-hydrogen) atoms. The van der Waals surface area contributed by atoms with Gasteiger partial charge < -0.3 is 10.2 Å². The van der Waals surface area contributed by atoms with Gasteiger partial charge in [-0.05, 0) is 11.6 Å². The molecular formula is C8H10NO4+. The van der Waals surface area contributed by atoms with Crippen molar-refractivity contribution in [3.05, 3.63) is 28.7 Å². The third kappa shape index (κ3) is 2.16. The van der Waals surface area contributed by atoms with Crippen LogP contribution in [0.5, 0.6) is 5.75 Å². The van der Waals surface area contributed by atoms with E-state index < -0.39 is 0 Å². The molecule has 5 nitrogen and oxygen atoms in total. The molecule has 5 heteroatoms. The molecule has 0 aliphatic heterocycles. The number of phenolic OH excluding ortho intramolecular Hbond substituents is 1. The predicted molar refractivity (Wildman–Crippen MR) is 44.3 cm³/mol. The van der Waals surface area contributed by atoms with Crippen LogP contribution >= 0.6 is 0 Å². The average molecular weight is 184 g/mol. The van der Waals surface area contributed by atoms with Gasteiger partial charge in [0.15, 0.2) is 7.11 Å². The van der Waals surface area contributed by atoms with Gasteiger partial charge in [0.2, 0.25) is 0 Å². The van der Waals surface area contributed by atoms with Gasteiger partial charge in [0, 0.05) is 6.07 Å². The van der Waals surface area contributed by atoms with E-state index in [-0.39, 0.29) is 23.0 Å². The summed E-state index contributed by atoms with van der Waals surface area (Å²) in [5.41, 5.74) is 0.597. The molecule has 0 aromatic heterocycles. The van der Waals surface area contributed by atoms with Crippen LogP contribution in [-0.2, 0) is 11.4 Å². The Hall–Kier alpha value is -1.62. The van der Waals surface area contributed by atoms with Crippen LogP contribution < -0.4 is 0 Å². The van der Waals surface area contributed by atoms with Gasteiger partial charge in [-0.2, -0.15) is 0 Å². The number of aliphatic hydroxyl groups excluding tert-OH is 1. The van der Waals surface area contributed by atoms with Crippen LogP contribution in [0.25, 0.3) is 0 Å². The van der Waals surface area contributed by atoms with Crippen LogP contribution in [0, 0.1) is 4.91 Å². The van der Waals surface area contributed by atoms with Crippen LogP contribution in [0.2, 0.25) is 0 Å². The van der Waals surface area contributed by atoms with Gasteiger partial charge in [-0.25, -0.2) is 4.84 Å². The van der Waals surface area contributed by atoms with Gasteiger partial charge >= 0.3 is 5.69 Å². The Bertz CT molecular complexity index is 324. The molecule has 0 aliphatic rings. The Labute approximate surface area is 74.7 Å². The van der Waals surface area contributed by atoms with Crippen molar-refractivity contribution in [1.82, 2.24) is 0 Å². The molecule has 2 N–H and O–H groups in total. The summed E-state index contributed by atoms with van der Waals surface area (Å²) in [5, 5.41) is 17.9. The van der Waals surface area contributed by atoms with Crippen molar-refractivity contribution in [1.29, 1.82) is 0 Å². The lowest BCUT2D eigenvalue weighted by atomic mass is 10.2. The fourth-order valence-electron chi connectivity index (χ4n) is 0.959. The summed E-state index contributed by atoms with van der Waals surface area (Å²) in [6, 6.07) is 4.04. The number of hydrogen-bond acceptors (Lipinski definition) is 4. The Morgan fingerprint density at radius 3 is 2.69 bits per heavy atom. The first-order chi connectivity index (χ1) is 6.17. The maximum atomic E-state index is 10.9. The highest BCUT2D eigenvalue weighted by Crippen LogP contribution is 2.21. The highest BCUT2D eigenvalue weighted by Gasteiger charge is 2.16. The van der Waals surface area contributed by atoms with Gasteiger partial charge in [-0.1, -0.05) is 0 Å². The van der Waals surface area contributed by atoms with Gasteiger partial charge in [0.05, 0.1) is 17.6 Å². The third-order valence-corrected chi connectivity index (χ3v) is 1.52. The Morgan fingerprint density at radius 1 is 1.46 bits per heavy atom. The van der Waals surface area contributed by atoms with E-state index in [1.165, 1.54) is 25.3 Å². The van der Waals surface area contributed by atoms with E-state index in [0.29, 0.717) is 5.56 Å². The number of aliphatic hydroxyl groups is 1. The van der Waals surface area contributed by atoms with E-state index in [4.69, 9.17) is 10.2 Å². The van der Waals surface area contributed by atoms with Crippen LogP contribution in [0.4, 0.5) is 5.69 Å². The van der Waals surface area contributed by atoms with Crippen molar-refractivity contribution in [2.75, 3.05) is 7.11 Å². The van der Waals surface area contributed by atoms with Crippen molar-refractivity contribution in [2.24, 2.45) is 0 Å². The van der Waals surface area contributed by atoms with Gasteiger partial charge in [-0.3, -0.25) is 0 Å². The first-order valence-corrected chi connectivity index (χ1v) is 3.62. The predicted octanol–water partition coefficient (Wildman–Crippen LogP) is 0.856. The highest BCUT2D eigenvalue weighted by molar-refractivity contribution is 5.41. The first-order valence-electron chi connectivity index (χ1n) is 3.62. The fourth-order valence-corrected chi connectivity index (χ4v) is 0.959. The number of rotatable bonds is 3. The van der Waals surface area contributed by atoms with E-state index in [9.17, 15) is 4.91 Å². The minimum absolute atomic E-state index is 0.0838. The number of nitrogens with zero attached hydrogens (tertiary/aromatic N) is 1. The molecule has 1 rings (SSSR count). The maximum Gasteiger partial charge on any atom is 0.320 e. The SMILES string of the molecule is CO[N+](=O)c1cc(O)cc(CO)c1. The standard InChI is InChI=1S/C8H9NO4/c1-13-9(12)7-2-6(5-10)3-8(11)4-7/h2-4,10H,5H2,1H3/p+1. The van der Waals surface area contributed by atoms with E-state index in [0.717, 1.165) is 0 Å². The molecule has 1 aromatic carbocycles. The van der Waals surface area contributed by atoms with E-state index in [2.05, 4.69) is 4.84 Å². The normalized spacial score (nSPS) is 9.69. The van der Waals surface area contributed by atoms with Gasteiger partial charge in [-0.15, -0.1) is 0 Å². The average Bonchev–Trinajstić information content (AvgIpc) is 2.15. The van der Waals surface area contributed by atoms with Gasteiger partial charge in [0.25, 0.3) is 4.92 Å². The summed E-state index contributed by atoms with van der Waals surface area (Å²) in [4.78, 5) is 15.6. The molecule has 0 fully saturated rings. The van der Waals surface area contributed by atoms with E-state index in [1.807, 2.05) is 0 Å². The lowest BCUT2D eigenvalue weighted by Crippen LogP contribution is -1.98. The van der Waals surface area contributed by atoms with Crippen LogP contribution in [0.1, 0.15) is 5.56 Å². The summed E-state index contributed by atoms with van der Waals surface area (Å²) in [6.07, 6.45) is 0. The molecule has 0 bridgehead atoms. The minimum Gasteiger partial charge on any atom is -0.508 e. The summed E-state index contributed by atoms with van der Waals surface area (Å²) in [6.45, 7) is -0.237. The summed E-state index contributed by atoms with van der Waals surface area (Å²) < 4.78 is 0. The zero-order chi connectivity index (χ0) is 9.84. The molecule has 0 unspecified atom stereocenters. The first kappa shape index (κ1) is 9.47. The molecule has 0 heterocycles. The molecule has 0 saturated carbocycles. The maximum absolute atomic E-state index is 10.9. The number of hydrogen-bond donors (Lipinski definition) is 2. The topological polar surface area (TPSA) is 69.8 Å². The Kier molecular flexibility index (Phi) is 2.81. The molecule has 0 spiro atoms. The van der Waals surface area contributed by atoms with Gasteiger partial charge in [0.1, 0.15) is 5.75 Å². The van der Waals surface area contributed by atoms with Crippen molar-refractivity contribution < 1.29 is 20.0 Å². The highest BCUT2D eigenvalue weighted by atomic mass is 16.8. The van der Waals surface area contributed by atoms with Crippen molar-refractivity contribution in [3.63, 3.8) is 0 Å². The van der Waals surface area contributed by atoms with Crippen LogP contribution in [0.3, 0.4) is 0 Å². The van der Waals surface area contributed by atoms with Crippen LogP contribution in [-0.4, -0.2) is 22.2 Å². The number of benzene rings is 1. The summed E-state index contributed by atoms with van der Waals surface area (Å²) >= 11 is 0. The number of phenols is 1. The largest absolute Gasteiger partial charge is 0.508 e. The van der Waals surface area contributed by atoms with E-state index >= 15 is 0 Å². The molecule has 0 amide bonds. The summed E-state index contributed by atoms with van der Waals surface area (Å²) in [7, 11) is 1.22. The summed E-state index contributed by atoms with van der Waals surface area (Å²) in [5.74, 6) is -0.0838. The smallest absolute Gasteiger partial charge is 0.320 e. The second kappa shape index (κ2) is 3.86. The van der Waals surface area contributed by atoms with Crippen LogP contribution in [0.15, 0.2) is 18.2 Å². The quantitative estimate of drug-likeness (QED) is 0.683. The molecule has 0 atom stereocenters. The second-order valence-electron chi connectivity index (χ2n) is 2.46. The number of aromatic hydroxyl groups is 1. The Morgan fingerprint density at radius 2 is 2.15 bits per heavy atom. The lowest BCUT2D eigenvalue weighted by Gasteiger charge is -1.96. The molecular weight excluding hydrogens is 174 g/mol. The molecule has 0 radical (unpaired) electrons. The van der Waals surface area contributed by atoms with Crippen molar-refractivity contribution in [3.8, 4) is 5.75 Å². The van der Waals surface area contributed by atoms with E-state index in [1.54, 1.807) is 0 Å². The Balaban J connectivity index is 3.08. The van der Waals surface area contributed by atoms with Crippen molar-refractivity contribution in [2.45, 2.75) is 6.61 Å². The molecule has 1 aromatic rings. The lowest BCUT2D eigenvalue weighted by molar-refractivity contribution is -0.736. The fraction of sp³-hybridized carbons (Fsp3) is 0.250. The van der Waals surface area contributed by atoms with Crippen molar-refractivity contribution >= 4 is 5.69 Å². The minimum atomic E-state index is -0.237. The molecule has 0 aliphatic carbocycles. The zero-order valence-corrected chi connectivity index (χ0v) is 7.10.